The van der Waals surface area contributed by atoms with Gasteiger partial charge in [-0.25, -0.2) is 8.42 Å². The first-order valence-corrected chi connectivity index (χ1v) is 7.11. The van der Waals surface area contributed by atoms with Gasteiger partial charge in [-0.2, -0.15) is 0 Å². The lowest BCUT2D eigenvalue weighted by Crippen LogP contribution is -2.21. The van der Waals surface area contributed by atoms with Gasteiger partial charge in [0.1, 0.15) is 0 Å². The molecular weight excluding hydrogens is 211 g/mol. The van der Waals surface area contributed by atoms with Gasteiger partial charge < -0.3 is 0 Å². The first-order valence-electron chi connectivity index (χ1n) is 2.37. The summed E-state index contributed by atoms with van der Waals surface area (Å²) in [4.78, 5) is 5.88. The van der Waals surface area contributed by atoms with E-state index in [1.54, 1.807) is 0 Å². The maximum atomic E-state index is 10.8. The van der Waals surface area contributed by atoms with E-state index in [0.29, 0.717) is 8.88 Å². The Hall–Kier alpha value is 1.12. The van der Waals surface area contributed by atoms with Crippen LogP contribution < -0.4 is 9.72 Å². The van der Waals surface area contributed by atoms with Crippen LogP contribution in [0.2, 0.25) is 0 Å². The predicted octanol–water partition coefficient (Wildman–Crippen LogP) is -0.0337. The maximum absolute atomic E-state index is 10.8. The second-order valence-corrected chi connectivity index (χ2v) is 8.14. The normalized spacial score (nSPS) is 30.1. The lowest BCUT2D eigenvalue weighted by Gasteiger charge is -2.24. The molecule has 0 aromatic heterocycles. The number of nitrogens with zero attached hydrogens (tertiary/aromatic N) is 1. The molecule has 0 bridgehead atoms. The van der Waals surface area contributed by atoms with E-state index in [2.05, 4.69) is 9.72 Å². The van der Waals surface area contributed by atoms with Crippen LogP contribution in [0.5, 0.6) is 0 Å². The topological polar surface area (TPSA) is 61.4 Å². The van der Waals surface area contributed by atoms with Crippen molar-refractivity contribution >= 4 is 36.7 Å². The molecule has 1 heterocycles. The maximum Gasteiger partial charge on any atom is 0.219 e. The summed E-state index contributed by atoms with van der Waals surface area (Å²) in [6.07, 6.45) is 1.21. The zero-order valence-electron chi connectivity index (χ0n) is 5.17. The molecular formula is CH8N3O2P3S. The molecule has 0 spiro atoms. The van der Waals surface area contributed by atoms with E-state index in [9.17, 15) is 8.42 Å². The molecule has 1 saturated heterocycles. The Kier molecular flexibility index (Phi) is 3.39. The molecule has 5 nitrogen and oxygen atoms in total. The van der Waals surface area contributed by atoms with Crippen LogP contribution in [-0.2, 0) is 10.0 Å². The Labute approximate surface area is 65.4 Å². The molecule has 9 heteroatoms. The van der Waals surface area contributed by atoms with Crippen molar-refractivity contribution in [3.05, 3.63) is 0 Å². The minimum atomic E-state index is -2.99. The molecule has 1 rings (SSSR count). The minimum Gasteiger partial charge on any atom is -0.253 e. The van der Waals surface area contributed by atoms with Crippen LogP contribution in [-0.4, -0.2) is 18.5 Å². The summed E-state index contributed by atoms with van der Waals surface area (Å²) in [6, 6.07) is 0. The van der Waals surface area contributed by atoms with Gasteiger partial charge >= 0.3 is 0 Å². The van der Waals surface area contributed by atoms with Crippen molar-refractivity contribution in [2.45, 2.75) is 0 Å². The fourth-order valence-electron chi connectivity index (χ4n) is 0.382. The molecule has 0 radical (unpaired) electrons. The van der Waals surface area contributed by atoms with Gasteiger partial charge in [0, 0.05) is 26.6 Å². The Morgan fingerprint density at radius 2 is 1.80 bits per heavy atom. The minimum absolute atomic E-state index is 0.202. The van der Waals surface area contributed by atoms with Crippen molar-refractivity contribution in [2.24, 2.45) is 0 Å². The largest absolute Gasteiger partial charge is 0.253 e. The summed E-state index contributed by atoms with van der Waals surface area (Å²) < 4.78 is 23.1. The van der Waals surface area contributed by atoms with Crippen LogP contribution in [0.3, 0.4) is 0 Å². The summed E-state index contributed by atoms with van der Waals surface area (Å²) in [6.45, 7) is 0. The quantitative estimate of drug-likeness (QED) is 0.608. The highest BCUT2D eigenvalue weighted by atomic mass is 32.2. The van der Waals surface area contributed by atoms with Gasteiger partial charge in [-0.05, 0) is 0 Å². The van der Waals surface area contributed by atoms with E-state index in [4.69, 9.17) is 0 Å². The highest BCUT2D eigenvalue weighted by Gasteiger charge is 2.18. The van der Waals surface area contributed by atoms with E-state index in [1.807, 2.05) is 0 Å². The van der Waals surface area contributed by atoms with Crippen molar-refractivity contribution in [3.63, 3.8) is 0 Å². The van der Waals surface area contributed by atoms with Gasteiger partial charge in [-0.1, -0.05) is 0 Å². The van der Waals surface area contributed by atoms with Crippen molar-refractivity contribution in [1.82, 2.24) is 13.6 Å². The third-order valence-corrected chi connectivity index (χ3v) is 6.94. The molecule has 0 aliphatic carbocycles. The van der Waals surface area contributed by atoms with Crippen molar-refractivity contribution in [3.8, 4) is 0 Å². The first-order chi connectivity index (χ1) is 4.61. The monoisotopic (exact) mass is 219 g/mol. The fourth-order valence-corrected chi connectivity index (χ4v) is 5.83. The molecule has 2 N–H and O–H groups in total. The molecule has 1 fully saturated rings. The molecule has 2 atom stereocenters. The second kappa shape index (κ2) is 3.68. The Balaban J connectivity index is 2.56. The number of rotatable bonds is 1. The molecule has 0 aromatic rings. The van der Waals surface area contributed by atoms with Crippen LogP contribution in [0, 0.1) is 0 Å². The molecule has 1 aliphatic heterocycles. The lowest BCUT2D eigenvalue weighted by atomic mass is 12.0. The average molecular weight is 219 g/mol. The average Bonchev–Trinajstić information content (AvgIpc) is 1.88. The highest BCUT2D eigenvalue weighted by Crippen LogP contribution is 2.39. The van der Waals surface area contributed by atoms with Gasteiger partial charge in [0.25, 0.3) is 0 Å². The molecule has 10 heavy (non-hydrogen) atoms. The van der Waals surface area contributed by atoms with E-state index < -0.39 is 10.0 Å². The lowest BCUT2D eigenvalue weighted by molar-refractivity contribution is 0.587. The van der Waals surface area contributed by atoms with E-state index in [0.717, 1.165) is 0 Å². The summed E-state index contributed by atoms with van der Waals surface area (Å²) in [5.41, 5.74) is 0. The van der Waals surface area contributed by atoms with Crippen LogP contribution in [0.4, 0.5) is 0 Å². The Morgan fingerprint density at radius 3 is 2.10 bits per heavy atom. The van der Waals surface area contributed by atoms with Crippen molar-refractivity contribution in [1.29, 1.82) is 0 Å². The number of hydrogen-bond acceptors (Lipinski definition) is 4. The molecule has 0 aromatic carbocycles. The summed E-state index contributed by atoms with van der Waals surface area (Å²) in [5, 5.41) is 0. The highest BCUT2D eigenvalue weighted by molar-refractivity contribution is 7.97. The molecule has 0 saturated carbocycles. The Bertz CT molecular complexity index is 198. The van der Waals surface area contributed by atoms with Crippen LogP contribution in [0.15, 0.2) is 0 Å². The summed E-state index contributed by atoms with van der Waals surface area (Å²) >= 11 is 0. The second-order valence-electron chi connectivity index (χ2n) is 1.63. The summed E-state index contributed by atoms with van der Waals surface area (Å²) in [5.74, 6) is 0. The van der Waals surface area contributed by atoms with Gasteiger partial charge in [0.2, 0.25) is 10.0 Å². The number of nitrogens with one attached hydrogen (secondary N) is 2. The molecule has 1 aliphatic rings. The zero-order valence-corrected chi connectivity index (χ0v) is 8.99. The number of hydrogen-bond donors (Lipinski definition) is 2. The first kappa shape index (κ1) is 9.21. The third kappa shape index (κ3) is 2.63. The van der Waals surface area contributed by atoms with Gasteiger partial charge in [-0.3, -0.25) is 9.72 Å². The number of sulfonamides is 1. The smallest absolute Gasteiger partial charge is 0.219 e. The standard InChI is InChI=1S/CH8N3O2P3S/c1-10(5,6)4-8-2-7-3-9-4/h2-3,7-9H,1H3. The fraction of sp³-hybridized carbons (Fsp3) is 1.00. The van der Waals surface area contributed by atoms with Gasteiger partial charge in [0.15, 0.2) is 0 Å². The van der Waals surface area contributed by atoms with Crippen LogP contribution in [0.1, 0.15) is 0 Å². The SMILES string of the molecule is CS(=O)(=O)N1PNPNP1. The zero-order chi connectivity index (χ0) is 7.61. The van der Waals surface area contributed by atoms with E-state index in [1.165, 1.54) is 10.1 Å². The van der Waals surface area contributed by atoms with Crippen LogP contribution >= 0.6 is 26.6 Å². The predicted molar refractivity (Wildman–Crippen MR) is 47.9 cm³/mol. The molecule has 60 valence electrons. The van der Waals surface area contributed by atoms with E-state index in [-0.39, 0.29) is 17.8 Å². The molecule has 0 amide bonds. The van der Waals surface area contributed by atoms with Crippen molar-refractivity contribution in [2.75, 3.05) is 6.26 Å². The van der Waals surface area contributed by atoms with Crippen LogP contribution in [0.25, 0.3) is 0 Å². The summed E-state index contributed by atoms with van der Waals surface area (Å²) in [7, 11) is -2.10. The molecule has 2 unspecified atom stereocenters. The van der Waals surface area contributed by atoms with Gasteiger partial charge in [0.05, 0.1) is 6.26 Å². The van der Waals surface area contributed by atoms with E-state index >= 15 is 0 Å². The third-order valence-electron chi connectivity index (χ3n) is 0.772. The van der Waals surface area contributed by atoms with Gasteiger partial charge in [-0.15, -0.1) is 3.85 Å². The Morgan fingerprint density at radius 1 is 1.30 bits per heavy atom. The van der Waals surface area contributed by atoms with Crippen molar-refractivity contribution < 1.29 is 8.42 Å².